The summed E-state index contributed by atoms with van der Waals surface area (Å²) < 4.78 is 0. The molecule has 0 aromatic rings. The normalized spacial score (nSPS) is 14.1. The van der Waals surface area contributed by atoms with E-state index in [4.69, 9.17) is 11.6 Å². The maximum absolute atomic E-state index is 9.76. The number of hydrogen-bond donors (Lipinski definition) is 1. The summed E-state index contributed by atoms with van der Waals surface area (Å²) >= 11 is 5.97. The van der Waals surface area contributed by atoms with E-state index in [1.165, 1.54) is 0 Å². The summed E-state index contributed by atoms with van der Waals surface area (Å²) in [5.41, 5.74) is 0.159. The van der Waals surface area contributed by atoms with Crippen LogP contribution in [-0.4, -0.2) is 5.11 Å². The Labute approximate surface area is 93.2 Å². The van der Waals surface area contributed by atoms with Crippen LogP contribution in [0.25, 0.3) is 0 Å². The second kappa shape index (κ2) is 6.34. The SMILES string of the molecule is CCC/C(Cl)=C(/O)CC(C)(C)CCC. The minimum absolute atomic E-state index is 0.159. The molecular formula is C12H23ClO. The van der Waals surface area contributed by atoms with E-state index in [-0.39, 0.29) is 5.41 Å². The number of rotatable bonds is 6. The smallest absolute Gasteiger partial charge is 0.107 e. The minimum Gasteiger partial charge on any atom is -0.511 e. The molecule has 0 radical (unpaired) electrons. The first-order valence-electron chi connectivity index (χ1n) is 5.49. The monoisotopic (exact) mass is 218 g/mol. The van der Waals surface area contributed by atoms with E-state index < -0.39 is 0 Å². The molecule has 1 nitrogen and oxygen atoms in total. The Balaban J connectivity index is 4.28. The van der Waals surface area contributed by atoms with Gasteiger partial charge in [-0.1, -0.05) is 52.1 Å². The van der Waals surface area contributed by atoms with Gasteiger partial charge in [-0.2, -0.15) is 0 Å². The largest absolute Gasteiger partial charge is 0.511 e. The molecule has 0 unspecified atom stereocenters. The van der Waals surface area contributed by atoms with Gasteiger partial charge in [-0.05, 0) is 18.3 Å². The van der Waals surface area contributed by atoms with Crippen molar-refractivity contribution in [2.24, 2.45) is 5.41 Å². The molecule has 0 aliphatic carbocycles. The predicted molar refractivity (Wildman–Crippen MR) is 63.7 cm³/mol. The zero-order chi connectivity index (χ0) is 11.2. The molecule has 0 bridgehead atoms. The first kappa shape index (κ1) is 13.8. The zero-order valence-electron chi connectivity index (χ0n) is 9.86. The minimum atomic E-state index is 0.159. The molecule has 0 fully saturated rings. The maximum atomic E-state index is 9.76. The second-order valence-corrected chi connectivity index (χ2v) is 5.15. The fourth-order valence-corrected chi connectivity index (χ4v) is 1.93. The summed E-state index contributed by atoms with van der Waals surface area (Å²) in [6, 6.07) is 0. The molecule has 2 heteroatoms. The van der Waals surface area contributed by atoms with Gasteiger partial charge in [0.15, 0.2) is 0 Å². The van der Waals surface area contributed by atoms with Crippen molar-refractivity contribution in [3.63, 3.8) is 0 Å². The lowest BCUT2D eigenvalue weighted by atomic mass is 9.84. The van der Waals surface area contributed by atoms with Crippen molar-refractivity contribution in [3.8, 4) is 0 Å². The van der Waals surface area contributed by atoms with Crippen LogP contribution in [0.1, 0.15) is 59.8 Å². The fourth-order valence-electron chi connectivity index (χ4n) is 1.68. The highest BCUT2D eigenvalue weighted by Gasteiger charge is 2.19. The zero-order valence-corrected chi connectivity index (χ0v) is 10.6. The van der Waals surface area contributed by atoms with Gasteiger partial charge in [0.25, 0.3) is 0 Å². The molecule has 84 valence electrons. The standard InChI is InChI=1S/C12H23ClO/c1-5-7-10(13)11(14)9-12(3,4)8-6-2/h14H,5-9H2,1-4H3/b11-10-. The van der Waals surface area contributed by atoms with Crippen LogP contribution < -0.4 is 0 Å². The van der Waals surface area contributed by atoms with Crippen LogP contribution in [0.15, 0.2) is 10.8 Å². The molecule has 0 aliphatic heterocycles. The van der Waals surface area contributed by atoms with Crippen molar-refractivity contribution in [1.29, 1.82) is 0 Å². The number of aliphatic hydroxyl groups is 1. The van der Waals surface area contributed by atoms with Crippen LogP contribution in [0.5, 0.6) is 0 Å². The number of aliphatic hydroxyl groups excluding tert-OH is 1. The molecule has 14 heavy (non-hydrogen) atoms. The van der Waals surface area contributed by atoms with E-state index in [0.29, 0.717) is 17.2 Å². The Hall–Kier alpha value is -0.170. The summed E-state index contributed by atoms with van der Waals surface area (Å²) in [5.74, 6) is 0.381. The van der Waals surface area contributed by atoms with Crippen molar-refractivity contribution in [2.75, 3.05) is 0 Å². The van der Waals surface area contributed by atoms with E-state index in [1.807, 2.05) is 0 Å². The third kappa shape index (κ3) is 5.54. The molecule has 1 N–H and O–H groups in total. The van der Waals surface area contributed by atoms with Crippen molar-refractivity contribution in [1.82, 2.24) is 0 Å². The number of hydrogen-bond acceptors (Lipinski definition) is 1. The number of allylic oxidation sites excluding steroid dienone is 2. The van der Waals surface area contributed by atoms with Gasteiger partial charge < -0.3 is 5.11 Å². The second-order valence-electron chi connectivity index (χ2n) is 4.69. The molecule has 0 rings (SSSR count). The van der Waals surface area contributed by atoms with Crippen molar-refractivity contribution < 1.29 is 5.11 Å². The van der Waals surface area contributed by atoms with Crippen molar-refractivity contribution in [2.45, 2.75) is 59.8 Å². The highest BCUT2D eigenvalue weighted by atomic mass is 35.5. The molecule has 0 spiro atoms. The van der Waals surface area contributed by atoms with Crippen LogP contribution in [0.4, 0.5) is 0 Å². The molecule has 0 aliphatic rings. The van der Waals surface area contributed by atoms with Crippen molar-refractivity contribution in [3.05, 3.63) is 10.8 Å². The van der Waals surface area contributed by atoms with Crippen LogP contribution in [0.2, 0.25) is 0 Å². The van der Waals surface area contributed by atoms with Gasteiger partial charge in [0.05, 0.1) is 5.03 Å². The Morgan fingerprint density at radius 3 is 2.21 bits per heavy atom. The van der Waals surface area contributed by atoms with E-state index in [0.717, 1.165) is 25.7 Å². The highest BCUT2D eigenvalue weighted by Crippen LogP contribution is 2.31. The average molecular weight is 219 g/mol. The lowest BCUT2D eigenvalue weighted by Crippen LogP contribution is -2.12. The topological polar surface area (TPSA) is 20.2 Å². The van der Waals surface area contributed by atoms with E-state index >= 15 is 0 Å². The fraction of sp³-hybridized carbons (Fsp3) is 0.833. The van der Waals surface area contributed by atoms with Crippen LogP contribution in [0, 0.1) is 5.41 Å². The highest BCUT2D eigenvalue weighted by molar-refractivity contribution is 6.29. The summed E-state index contributed by atoms with van der Waals surface area (Å²) in [6.07, 6.45) is 4.73. The van der Waals surface area contributed by atoms with Gasteiger partial charge in [0, 0.05) is 6.42 Å². The first-order chi connectivity index (χ1) is 6.43. The summed E-state index contributed by atoms with van der Waals surface area (Å²) in [7, 11) is 0. The molecule has 0 aromatic carbocycles. The molecule has 0 amide bonds. The van der Waals surface area contributed by atoms with Crippen LogP contribution in [-0.2, 0) is 0 Å². The summed E-state index contributed by atoms with van der Waals surface area (Å²) in [5, 5.41) is 10.4. The lowest BCUT2D eigenvalue weighted by Gasteiger charge is -2.23. The predicted octanol–water partition coefficient (Wildman–Crippen LogP) is 5.01. The third-order valence-corrected chi connectivity index (χ3v) is 2.76. The van der Waals surface area contributed by atoms with Gasteiger partial charge in [-0.15, -0.1) is 0 Å². The van der Waals surface area contributed by atoms with E-state index in [2.05, 4.69) is 27.7 Å². The third-order valence-electron chi connectivity index (χ3n) is 2.36. The first-order valence-corrected chi connectivity index (χ1v) is 5.87. The van der Waals surface area contributed by atoms with Crippen molar-refractivity contribution >= 4 is 11.6 Å². The molecule has 0 atom stereocenters. The Morgan fingerprint density at radius 1 is 1.21 bits per heavy atom. The Bertz CT molecular complexity index is 194. The Morgan fingerprint density at radius 2 is 1.79 bits per heavy atom. The van der Waals surface area contributed by atoms with E-state index in [9.17, 15) is 5.11 Å². The average Bonchev–Trinajstić information content (AvgIpc) is 2.03. The molecule has 0 heterocycles. The molecule has 0 saturated carbocycles. The molecule has 0 saturated heterocycles. The van der Waals surface area contributed by atoms with Gasteiger partial charge in [0.2, 0.25) is 0 Å². The Kier molecular flexibility index (Phi) is 6.26. The lowest BCUT2D eigenvalue weighted by molar-refractivity contribution is 0.263. The molecule has 0 aromatic heterocycles. The van der Waals surface area contributed by atoms with Gasteiger partial charge in [-0.25, -0.2) is 0 Å². The quantitative estimate of drug-likeness (QED) is 0.622. The molecular weight excluding hydrogens is 196 g/mol. The van der Waals surface area contributed by atoms with Crippen LogP contribution in [0.3, 0.4) is 0 Å². The van der Waals surface area contributed by atoms with Gasteiger partial charge in [-0.3, -0.25) is 0 Å². The van der Waals surface area contributed by atoms with Crippen LogP contribution >= 0.6 is 11.6 Å². The number of halogens is 1. The van der Waals surface area contributed by atoms with E-state index in [1.54, 1.807) is 0 Å². The summed E-state index contributed by atoms with van der Waals surface area (Å²) in [4.78, 5) is 0. The van der Waals surface area contributed by atoms with Gasteiger partial charge >= 0.3 is 0 Å². The van der Waals surface area contributed by atoms with Gasteiger partial charge in [0.1, 0.15) is 5.76 Å². The summed E-state index contributed by atoms with van der Waals surface area (Å²) in [6.45, 7) is 8.56. The maximum Gasteiger partial charge on any atom is 0.107 e.